The van der Waals surface area contributed by atoms with E-state index in [0.717, 1.165) is 24.0 Å². The van der Waals surface area contributed by atoms with E-state index in [1.807, 2.05) is 11.8 Å². The highest BCUT2D eigenvalue weighted by Crippen LogP contribution is 2.28. The van der Waals surface area contributed by atoms with Crippen molar-refractivity contribution in [3.8, 4) is 0 Å². The summed E-state index contributed by atoms with van der Waals surface area (Å²) in [5.41, 5.74) is 2.52. The van der Waals surface area contributed by atoms with Gasteiger partial charge in [-0.3, -0.25) is 4.68 Å². The molecule has 2 nitrogen and oxygen atoms in total. The molecule has 0 fully saturated rings. The highest BCUT2D eigenvalue weighted by molar-refractivity contribution is 9.10. The molecule has 16 heavy (non-hydrogen) atoms. The summed E-state index contributed by atoms with van der Waals surface area (Å²) in [6.45, 7) is 9.78. The van der Waals surface area contributed by atoms with Gasteiger partial charge in [0.1, 0.15) is 0 Å². The predicted octanol–water partition coefficient (Wildman–Crippen LogP) is 4.26. The molecule has 0 aliphatic carbocycles. The number of rotatable bonds is 6. The smallest absolute Gasteiger partial charge is 0.0767 e. The van der Waals surface area contributed by atoms with Crippen molar-refractivity contribution in [2.24, 2.45) is 0 Å². The minimum Gasteiger partial charge on any atom is -0.268 e. The maximum atomic E-state index is 4.61. The van der Waals surface area contributed by atoms with Gasteiger partial charge in [-0.05, 0) is 35.7 Å². The molecule has 0 saturated heterocycles. The SMILES string of the molecule is CCc1nn(CC)c(CSC(C)CC)c1Br. The molecule has 1 atom stereocenters. The van der Waals surface area contributed by atoms with Gasteiger partial charge in [-0.15, -0.1) is 0 Å². The summed E-state index contributed by atoms with van der Waals surface area (Å²) >= 11 is 5.68. The van der Waals surface area contributed by atoms with Crippen LogP contribution in [0, 0.1) is 0 Å². The highest BCUT2D eigenvalue weighted by atomic mass is 79.9. The quantitative estimate of drug-likeness (QED) is 0.781. The summed E-state index contributed by atoms with van der Waals surface area (Å²) in [5.74, 6) is 1.05. The molecule has 92 valence electrons. The summed E-state index contributed by atoms with van der Waals surface area (Å²) in [6.07, 6.45) is 2.22. The van der Waals surface area contributed by atoms with Gasteiger partial charge in [0.05, 0.1) is 15.9 Å². The first kappa shape index (κ1) is 14.1. The van der Waals surface area contributed by atoms with Crippen molar-refractivity contribution in [1.82, 2.24) is 9.78 Å². The first-order chi connectivity index (χ1) is 7.63. The van der Waals surface area contributed by atoms with Gasteiger partial charge in [0.15, 0.2) is 0 Å². The summed E-state index contributed by atoms with van der Waals surface area (Å²) in [7, 11) is 0. The zero-order valence-electron chi connectivity index (χ0n) is 10.6. The monoisotopic (exact) mass is 304 g/mol. The molecular weight excluding hydrogens is 284 g/mol. The first-order valence-corrected chi connectivity index (χ1v) is 7.83. The Bertz CT molecular complexity index is 336. The lowest BCUT2D eigenvalue weighted by Crippen LogP contribution is -2.03. The van der Waals surface area contributed by atoms with Crippen LogP contribution in [0.1, 0.15) is 45.5 Å². The van der Waals surface area contributed by atoms with Crippen LogP contribution < -0.4 is 0 Å². The molecule has 0 amide bonds. The predicted molar refractivity (Wildman–Crippen MR) is 76.0 cm³/mol. The van der Waals surface area contributed by atoms with Crippen LogP contribution in [0.5, 0.6) is 0 Å². The van der Waals surface area contributed by atoms with Crippen molar-refractivity contribution < 1.29 is 0 Å². The van der Waals surface area contributed by atoms with Crippen LogP contribution >= 0.6 is 27.7 Å². The summed E-state index contributed by atoms with van der Waals surface area (Å²) in [6, 6.07) is 0. The Kier molecular flexibility index (Phi) is 5.90. The van der Waals surface area contributed by atoms with E-state index in [1.54, 1.807) is 0 Å². The number of hydrogen-bond acceptors (Lipinski definition) is 2. The molecule has 0 N–H and O–H groups in total. The van der Waals surface area contributed by atoms with Crippen molar-refractivity contribution in [1.29, 1.82) is 0 Å². The Morgan fingerprint density at radius 1 is 1.38 bits per heavy atom. The molecule has 1 aromatic heterocycles. The molecule has 4 heteroatoms. The maximum Gasteiger partial charge on any atom is 0.0767 e. The van der Waals surface area contributed by atoms with Gasteiger partial charge >= 0.3 is 0 Å². The topological polar surface area (TPSA) is 17.8 Å². The zero-order valence-corrected chi connectivity index (χ0v) is 13.0. The van der Waals surface area contributed by atoms with E-state index >= 15 is 0 Å². The van der Waals surface area contributed by atoms with Crippen molar-refractivity contribution >= 4 is 27.7 Å². The second-order valence-electron chi connectivity index (χ2n) is 3.91. The van der Waals surface area contributed by atoms with E-state index < -0.39 is 0 Å². The van der Waals surface area contributed by atoms with Gasteiger partial charge in [0.25, 0.3) is 0 Å². The number of aromatic nitrogens is 2. The molecule has 0 bridgehead atoms. The Hall–Kier alpha value is 0.0400. The average Bonchev–Trinajstić information content (AvgIpc) is 2.62. The Labute approximate surface area is 111 Å². The zero-order chi connectivity index (χ0) is 12.1. The number of nitrogens with zero attached hydrogens (tertiary/aromatic N) is 2. The average molecular weight is 305 g/mol. The Morgan fingerprint density at radius 3 is 2.56 bits per heavy atom. The molecular formula is C12H21BrN2S. The lowest BCUT2D eigenvalue weighted by molar-refractivity contribution is 0.627. The van der Waals surface area contributed by atoms with E-state index in [4.69, 9.17) is 0 Å². The van der Waals surface area contributed by atoms with Gasteiger partial charge in [0, 0.05) is 17.5 Å². The van der Waals surface area contributed by atoms with Gasteiger partial charge < -0.3 is 0 Å². The van der Waals surface area contributed by atoms with Crippen LogP contribution in [-0.2, 0) is 18.7 Å². The van der Waals surface area contributed by atoms with Crippen LogP contribution in [0.4, 0.5) is 0 Å². The highest BCUT2D eigenvalue weighted by Gasteiger charge is 2.14. The third-order valence-electron chi connectivity index (χ3n) is 2.77. The molecule has 1 heterocycles. The van der Waals surface area contributed by atoms with Crippen molar-refractivity contribution in [2.75, 3.05) is 0 Å². The molecule has 1 rings (SSSR count). The normalized spacial score (nSPS) is 13.1. The van der Waals surface area contributed by atoms with Crippen molar-refractivity contribution in [3.05, 3.63) is 15.9 Å². The molecule has 0 aromatic carbocycles. The Balaban J connectivity index is 2.80. The minimum atomic E-state index is 0.720. The van der Waals surface area contributed by atoms with Crippen LogP contribution in [0.15, 0.2) is 4.47 Å². The summed E-state index contributed by atoms with van der Waals surface area (Å²) in [5, 5.41) is 5.33. The van der Waals surface area contributed by atoms with Gasteiger partial charge in [-0.1, -0.05) is 20.8 Å². The van der Waals surface area contributed by atoms with Crippen LogP contribution in [-0.4, -0.2) is 15.0 Å². The maximum absolute atomic E-state index is 4.61. The second kappa shape index (κ2) is 6.70. The van der Waals surface area contributed by atoms with E-state index in [0.29, 0.717) is 0 Å². The van der Waals surface area contributed by atoms with E-state index in [2.05, 4.69) is 53.4 Å². The molecule has 1 aromatic rings. The third-order valence-corrected chi connectivity index (χ3v) is 5.03. The van der Waals surface area contributed by atoms with Gasteiger partial charge in [0.2, 0.25) is 0 Å². The fourth-order valence-electron chi connectivity index (χ4n) is 1.49. The molecule has 0 spiro atoms. The first-order valence-electron chi connectivity index (χ1n) is 5.99. The molecule has 0 saturated carbocycles. The van der Waals surface area contributed by atoms with Gasteiger partial charge in [-0.2, -0.15) is 16.9 Å². The lowest BCUT2D eigenvalue weighted by Gasteiger charge is -2.09. The van der Waals surface area contributed by atoms with E-state index in [-0.39, 0.29) is 0 Å². The summed E-state index contributed by atoms with van der Waals surface area (Å²) < 4.78 is 3.34. The lowest BCUT2D eigenvalue weighted by atomic mass is 10.3. The van der Waals surface area contributed by atoms with Crippen LogP contribution in [0.25, 0.3) is 0 Å². The fraction of sp³-hybridized carbons (Fsp3) is 0.750. The second-order valence-corrected chi connectivity index (χ2v) is 6.13. The fourth-order valence-corrected chi connectivity index (χ4v) is 3.36. The molecule has 0 radical (unpaired) electrons. The van der Waals surface area contributed by atoms with Crippen LogP contribution in [0.3, 0.4) is 0 Å². The minimum absolute atomic E-state index is 0.720. The van der Waals surface area contributed by atoms with Crippen LogP contribution in [0.2, 0.25) is 0 Å². The van der Waals surface area contributed by atoms with Gasteiger partial charge in [-0.25, -0.2) is 0 Å². The van der Waals surface area contributed by atoms with E-state index in [9.17, 15) is 0 Å². The largest absolute Gasteiger partial charge is 0.268 e. The van der Waals surface area contributed by atoms with E-state index in [1.165, 1.54) is 22.3 Å². The molecule has 0 aliphatic rings. The number of hydrogen-bond donors (Lipinski definition) is 0. The van der Waals surface area contributed by atoms with Crippen molar-refractivity contribution in [2.45, 2.75) is 58.1 Å². The molecule has 1 unspecified atom stereocenters. The molecule has 0 aliphatic heterocycles. The van der Waals surface area contributed by atoms with Crippen molar-refractivity contribution in [3.63, 3.8) is 0 Å². The number of halogens is 1. The standard InChI is InChI=1S/C12H21BrN2S/c1-5-9(4)16-8-11-12(13)10(6-2)14-15(11)7-3/h9H,5-8H2,1-4H3. The number of thioether (sulfide) groups is 1. The third kappa shape index (κ3) is 3.27. The summed E-state index contributed by atoms with van der Waals surface area (Å²) in [4.78, 5) is 0. The number of aryl methyl sites for hydroxylation is 2. The Morgan fingerprint density at radius 2 is 2.06 bits per heavy atom.